The van der Waals surface area contributed by atoms with E-state index in [1.807, 2.05) is 0 Å². The van der Waals surface area contributed by atoms with Crippen molar-refractivity contribution in [3.05, 3.63) is 301 Å². The number of anilines is 7. The first-order valence-electron chi connectivity index (χ1n) is 40.1. The summed E-state index contributed by atoms with van der Waals surface area (Å²) in [5, 5.41) is 5.07. The van der Waals surface area contributed by atoms with Gasteiger partial charge in [0.25, 0.3) is 6.71 Å². The molecule has 5 nitrogen and oxygen atoms in total. The topological polar surface area (TPSA) is 19.6 Å². The molecular weight excluding hydrogens is 1320 g/mol. The first-order chi connectivity index (χ1) is 52.6. The van der Waals surface area contributed by atoms with Gasteiger partial charge in [-0.2, -0.15) is 0 Å². The van der Waals surface area contributed by atoms with Gasteiger partial charge in [0.05, 0.1) is 39.1 Å². The number of fused-ring (bicyclic) bond motifs is 10. The Morgan fingerprint density at radius 1 is 0.275 bits per heavy atom. The van der Waals surface area contributed by atoms with Crippen molar-refractivity contribution in [1.29, 1.82) is 0 Å². The Hall–Kier alpha value is -11.1. The first kappa shape index (κ1) is 67.3. The summed E-state index contributed by atoms with van der Waals surface area (Å²) in [4.78, 5) is 8.47. The normalized spacial score (nSPS) is 17.5. The van der Waals surface area contributed by atoms with E-state index >= 15 is 0 Å². The molecule has 0 amide bonds. The quantitative estimate of drug-likeness (QED) is 0.134. The molecule has 4 bridgehead atoms. The lowest BCUT2D eigenvalue weighted by Gasteiger charge is -2.57. The minimum Gasteiger partial charge on any atom is -0.365 e. The number of para-hydroxylation sites is 2. The van der Waals surface area contributed by atoms with Crippen LogP contribution in [0, 0.1) is 11.8 Å². The van der Waals surface area contributed by atoms with Gasteiger partial charge < -0.3 is 23.8 Å². The maximum atomic E-state index is 2.92. The number of rotatable bonds is 9. The summed E-state index contributed by atoms with van der Waals surface area (Å²) in [6.45, 7) is 28.0. The fourth-order valence-corrected chi connectivity index (χ4v) is 20.3. The molecule has 0 unspecified atom stereocenters. The molecule has 4 fully saturated rings. The average Bonchev–Trinajstić information content (AvgIpc) is 1.10. The van der Waals surface area contributed by atoms with E-state index < -0.39 is 0 Å². The van der Waals surface area contributed by atoms with Crippen LogP contribution in [-0.4, -0.2) is 27.9 Å². The van der Waals surface area contributed by atoms with Crippen LogP contribution in [0.2, 0.25) is 0 Å². The first-order valence-corrected chi connectivity index (χ1v) is 40.1. The van der Waals surface area contributed by atoms with E-state index in [0.717, 1.165) is 62.5 Å². The zero-order valence-corrected chi connectivity index (χ0v) is 65.2. The molecule has 13 aromatic carbocycles. The molecule has 2 saturated carbocycles. The van der Waals surface area contributed by atoms with Gasteiger partial charge in [-0.1, -0.05) is 277 Å². The second-order valence-corrected chi connectivity index (χ2v) is 36.6. The lowest BCUT2D eigenvalue weighted by molar-refractivity contribution is 0.0900. The largest absolute Gasteiger partial charge is 0.365 e. The SMILES string of the molecule is CC(C)(C)c1ccc2c(c1)c1cc(C(C)(C)C)ccc1n2-c1ccc2c(c1)N(c1c(-c3ccccc3)cccc1-c1ccccc1)c1cc(-n3c4ccc(C(C)(C)C)cc4c4cc(C(C)(C)C)ccc43)cc3c1B2c1ccc(N2C4CC5CC(C4)CC2C5)cc1N3c1c(-c2ccccc2)cccc1-c1ccccc1. The zero-order valence-electron chi connectivity index (χ0n) is 65.2. The molecule has 15 aromatic rings. The molecule has 21 rings (SSSR count). The van der Waals surface area contributed by atoms with Crippen molar-refractivity contribution in [2.75, 3.05) is 14.7 Å². The van der Waals surface area contributed by atoms with Crippen LogP contribution < -0.4 is 31.1 Å². The van der Waals surface area contributed by atoms with E-state index in [-0.39, 0.29) is 28.4 Å². The minimum absolute atomic E-state index is 0.0550. The summed E-state index contributed by atoms with van der Waals surface area (Å²) < 4.78 is 5.23. The van der Waals surface area contributed by atoms with Crippen molar-refractivity contribution >= 4 is 107 Å². The third-order valence-corrected chi connectivity index (χ3v) is 25.6. The minimum atomic E-state index is -0.218. The van der Waals surface area contributed by atoms with Crippen LogP contribution in [0.3, 0.4) is 0 Å². The highest BCUT2D eigenvalue weighted by molar-refractivity contribution is 7.00. The number of piperidine rings is 2. The molecule has 0 N–H and O–H groups in total. The monoisotopic (exact) mass is 1410 g/mol. The van der Waals surface area contributed by atoms with E-state index in [1.54, 1.807) is 0 Å². The van der Waals surface area contributed by atoms with E-state index in [2.05, 4.69) is 386 Å². The number of hydrogen-bond acceptors (Lipinski definition) is 3. The molecule has 4 aliphatic heterocycles. The summed E-state index contributed by atoms with van der Waals surface area (Å²) in [5.74, 6) is 1.63. The van der Waals surface area contributed by atoms with E-state index in [4.69, 9.17) is 0 Å². The van der Waals surface area contributed by atoms with Crippen molar-refractivity contribution in [3.63, 3.8) is 0 Å². The van der Waals surface area contributed by atoms with Gasteiger partial charge in [-0.25, -0.2) is 0 Å². The van der Waals surface area contributed by atoms with Crippen LogP contribution in [0.5, 0.6) is 0 Å². The van der Waals surface area contributed by atoms with Crippen molar-refractivity contribution in [3.8, 4) is 55.9 Å². The maximum absolute atomic E-state index is 2.92. The van der Waals surface area contributed by atoms with E-state index in [9.17, 15) is 0 Å². The summed E-state index contributed by atoms with van der Waals surface area (Å²) in [6.07, 6.45) is 6.50. The Labute approximate surface area is 644 Å². The molecule has 536 valence electrons. The fourth-order valence-electron chi connectivity index (χ4n) is 20.3. The molecule has 6 aliphatic rings. The van der Waals surface area contributed by atoms with E-state index in [0.29, 0.717) is 12.1 Å². The van der Waals surface area contributed by atoms with Crippen LogP contribution in [0.1, 0.15) is 137 Å². The lowest BCUT2D eigenvalue weighted by atomic mass is 9.33. The summed E-state index contributed by atoms with van der Waals surface area (Å²) in [5.41, 5.74) is 33.5. The van der Waals surface area contributed by atoms with Crippen LogP contribution in [0.15, 0.2) is 279 Å². The Kier molecular flexibility index (Phi) is 15.3. The molecule has 0 atom stereocenters. The summed E-state index contributed by atoms with van der Waals surface area (Å²) >= 11 is 0. The van der Waals surface area contributed by atoms with Gasteiger partial charge in [-0.05, 0) is 211 Å². The second kappa shape index (κ2) is 24.7. The van der Waals surface area contributed by atoms with Crippen molar-refractivity contribution < 1.29 is 0 Å². The van der Waals surface area contributed by atoms with Gasteiger partial charge in [0.15, 0.2) is 0 Å². The maximum Gasteiger partial charge on any atom is 0.252 e. The third-order valence-electron chi connectivity index (χ3n) is 25.6. The van der Waals surface area contributed by atoms with Crippen LogP contribution in [-0.2, 0) is 21.7 Å². The predicted octanol–water partition coefficient (Wildman–Crippen LogP) is 25.6. The third kappa shape index (κ3) is 10.9. The molecule has 0 spiro atoms. The molecule has 2 saturated heterocycles. The standard InChI is InChI=1S/C103H96BN5/c1-100(2,3)70-39-47-89-83(56-70)84-57-71(101(4,5)6)40-48-90(84)106(89)75-44-46-88-94(61-75)109(99-81(68-31-21-15-22-32-68)37-26-38-82(99)69-33-23-16-24-34-69)96-63-78(107-91-49-41-72(102(7,8)9)58-85(91)86-59-73(103(10,11)12)42-50-92(86)107)62-95-97(96)104(88)87-45-43-74(105-76-52-64-51-65(54-76)55-77(105)53-64)60-93(87)108(95)98-79(66-27-17-13-18-28-66)35-25-36-80(98)67-29-19-14-20-30-67/h13-50,56-65,76-77H,51-55H2,1-12H3. The number of aromatic nitrogens is 2. The smallest absolute Gasteiger partial charge is 0.252 e. The van der Waals surface area contributed by atoms with Crippen molar-refractivity contribution in [2.24, 2.45) is 11.8 Å². The second-order valence-electron chi connectivity index (χ2n) is 36.6. The highest BCUT2D eigenvalue weighted by atomic mass is 15.2. The molecule has 0 radical (unpaired) electrons. The zero-order chi connectivity index (χ0) is 74.3. The van der Waals surface area contributed by atoms with Crippen LogP contribution >= 0.6 is 0 Å². The van der Waals surface area contributed by atoms with Gasteiger partial charge in [0.1, 0.15) is 0 Å². The number of nitrogens with zero attached hydrogens (tertiary/aromatic N) is 5. The Morgan fingerprint density at radius 3 is 0.908 bits per heavy atom. The molecule has 2 aromatic heterocycles. The Morgan fingerprint density at radius 2 is 0.578 bits per heavy atom. The van der Waals surface area contributed by atoms with Gasteiger partial charge in [-0.3, -0.25) is 0 Å². The highest BCUT2D eigenvalue weighted by Gasteiger charge is 2.50. The molecule has 6 heterocycles. The molecular formula is C103H96BN5. The highest BCUT2D eigenvalue weighted by Crippen LogP contribution is 2.57. The lowest BCUT2D eigenvalue weighted by Crippen LogP contribution is -2.62. The van der Waals surface area contributed by atoms with E-state index in [1.165, 1.54) is 159 Å². The summed E-state index contributed by atoms with van der Waals surface area (Å²) in [6, 6.07) is 110. The number of benzene rings is 13. The predicted molar refractivity (Wildman–Crippen MR) is 466 cm³/mol. The summed E-state index contributed by atoms with van der Waals surface area (Å²) in [7, 11) is 0. The Balaban J connectivity index is 0.972. The molecule has 2 aliphatic carbocycles. The van der Waals surface area contributed by atoms with Gasteiger partial charge in [0.2, 0.25) is 0 Å². The van der Waals surface area contributed by atoms with Crippen LogP contribution in [0.25, 0.3) is 99.5 Å². The van der Waals surface area contributed by atoms with Crippen molar-refractivity contribution in [2.45, 2.75) is 149 Å². The molecule has 6 heteroatoms. The molecule has 109 heavy (non-hydrogen) atoms. The Bertz CT molecular complexity index is 5880. The van der Waals surface area contributed by atoms with Crippen LogP contribution in [0.4, 0.5) is 39.8 Å². The van der Waals surface area contributed by atoms with Crippen molar-refractivity contribution in [1.82, 2.24) is 9.13 Å². The van der Waals surface area contributed by atoms with Gasteiger partial charge in [-0.15, -0.1) is 0 Å². The number of hydrogen-bond donors (Lipinski definition) is 0. The fraction of sp³-hybridized carbons (Fsp3) is 0.243. The average molecular weight is 1410 g/mol. The van der Waals surface area contributed by atoms with Gasteiger partial charge >= 0.3 is 0 Å². The van der Waals surface area contributed by atoms with Gasteiger partial charge in [0, 0.05) is 90.0 Å².